The van der Waals surface area contributed by atoms with Crippen LogP contribution in [0, 0.1) is 13.8 Å². The van der Waals surface area contributed by atoms with Crippen LogP contribution in [0.5, 0.6) is 0 Å². The van der Waals surface area contributed by atoms with Crippen molar-refractivity contribution in [1.82, 2.24) is 0 Å². The highest BCUT2D eigenvalue weighted by Gasteiger charge is 2.14. The Balaban J connectivity index is 2.18. The van der Waals surface area contributed by atoms with Crippen LogP contribution < -0.4 is 0 Å². The van der Waals surface area contributed by atoms with E-state index in [1.165, 1.54) is 0 Å². The molecular weight excluding hydrogens is 256 g/mol. The van der Waals surface area contributed by atoms with Crippen molar-refractivity contribution in [1.29, 1.82) is 0 Å². The molecule has 19 heavy (non-hydrogen) atoms. The summed E-state index contributed by atoms with van der Waals surface area (Å²) in [5, 5.41) is 0. The van der Waals surface area contributed by atoms with Gasteiger partial charge in [0, 0.05) is 0 Å². The molecule has 0 bridgehead atoms. The molecule has 0 N–H and O–H groups in total. The fourth-order valence-corrected chi connectivity index (χ4v) is 3.70. The van der Waals surface area contributed by atoms with E-state index in [4.69, 9.17) is 0 Å². The summed E-state index contributed by atoms with van der Waals surface area (Å²) in [7, 11) is -3.13. The molecule has 0 radical (unpaired) electrons. The normalized spacial score (nSPS) is 11.5. The van der Waals surface area contributed by atoms with Crippen molar-refractivity contribution in [3.05, 3.63) is 70.8 Å². The molecule has 0 aliphatic rings. The highest BCUT2D eigenvalue weighted by molar-refractivity contribution is 7.89. The monoisotopic (exact) mass is 274 g/mol. The maximum Gasteiger partial charge on any atom is 0.158 e. The molecule has 2 rings (SSSR count). The van der Waals surface area contributed by atoms with E-state index in [-0.39, 0.29) is 11.5 Å². The highest BCUT2D eigenvalue weighted by atomic mass is 32.2. The smallest absolute Gasteiger partial charge is 0.158 e. The predicted octanol–water partition coefficient (Wildman–Crippen LogP) is 3.42. The van der Waals surface area contributed by atoms with Gasteiger partial charge < -0.3 is 0 Å². The van der Waals surface area contributed by atoms with Crippen molar-refractivity contribution in [3.8, 4) is 0 Å². The molecule has 0 unspecified atom stereocenters. The first-order valence-corrected chi connectivity index (χ1v) is 8.09. The first-order valence-electron chi connectivity index (χ1n) is 6.27. The summed E-state index contributed by atoms with van der Waals surface area (Å²) in [6.07, 6.45) is 0. The van der Waals surface area contributed by atoms with Gasteiger partial charge in [-0.2, -0.15) is 0 Å². The molecule has 0 aromatic heterocycles. The number of hydrogen-bond donors (Lipinski definition) is 0. The van der Waals surface area contributed by atoms with Gasteiger partial charge in [-0.1, -0.05) is 54.1 Å². The largest absolute Gasteiger partial charge is 0.228 e. The number of benzene rings is 2. The lowest BCUT2D eigenvalue weighted by Crippen LogP contribution is -2.08. The summed E-state index contributed by atoms with van der Waals surface area (Å²) in [5.41, 5.74) is 3.85. The van der Waals surface area contributed by atoms with Gasteiger partial charge in [0.05, 0.1) is 11.5 Å². The van der Waals surface area contributed by atoms with Crippen molar-refractivity contribution in [2.24, 2.45) is 0 Å². The third-order valence-electron chi connectivity index (χ3n) is 3.11. The maximum absolute atomic E-state index is 12.2. The maximum atomic E-state index is 12.2. The van der Waals surface area contributed by atoms with Crippen LogP contribution in [-0.4, -0.2) is 8.42 Å². The molecule has 0 spiro atoms. The van der Waals surface area contributed by atoms with Gasteiger partial charge in [0.25, 0.3) is 0 Å². The molecule has 0 saturated heterocycles. The average Bonchev–Trinajstić information content (AvgIpc) is 2.31. The third-order valence-corrected chi connectivity index (χ3v) is 4.63. The summed E-state index contributed by atoms with van der Waals surface area (Å²) in [4.78, 5) is 0. The van der Waals surface area contributed by atoms with E-state index >= 15 is 0 Å². The summed E-state index contributed by atoms with van der Waals surface area (Å²) < 4.78 is 24.5. The molecule has 0 saturated carbocycles. The van der Waals surface area contributed by atoms with Crippen molar-refractivity contribution >= 4 is 9.84 Å². The van der Waals surface area contributed by atoms with Crippen LogP contribution in [-0.2, 0) is 21.3 Å². The van der Waals surface area contributed by atoms with Crippen LogP contribution in [0.2, 0.25) is 0 Å². The second kappa shape index (κ2) is 5.57. The molecule has 2 nitrogen and oxygen atoms in total. The van der Waals surface area contributed by atoms with Gasteiger partial charge in [0.2, 0.25) is 0 Å². The van der Waals surface area contributed by atoms with Crippen LogP contribution in [0.4, 0.5) is 0 Å². The Bertz CT molecular complexity index is 673. The molecule has 0 heterocycles. The van der Waals surface area contributed by atoms with E-state index in [1.54, 1.807) is 0 Å². The van der Waals surface area contributed by atoms with Crippen LogP contribution in [0.1, 0.15) is 22.3 Å². The topological polar surface area (TPSA) is 34.1 Å². The Labute approximate surface area is 115 Å². The second-order valence-electron chi connectivity index (χ2n) is 4.95. The molecule has 2 aromatic carbocycles. The summed E-state index contributed by atoms with van der Waals surface area (Å²) in [6.45, 7) is 3.91. The summed E-state index contributed by atoms with van der Waals surface area (Å²) >= 11 is 0. The Morgan fingerprint density at radius 1 is 0.895 bits per heavy atom. The van der Waals surface area contributed by atoms with Crippen molar-refractivity contribution < 1.29 is 8.42 Å². The van der Waals surface area contributed by atoms with E-state index in [0.717, 1.165) is 22.3 Å². The lowest BCUT2D eigenvalue weighted by atomic mass is 10.1. The highest BCUT2D eigenvalue weighted by Crippen LogP contribution is 2.16. The van der Waals surface area contributed by atoms with Crippen molar-refractivity contribution in [2.45, 2.75) is 25.4 Å². The fourth-order valence-electron chi connectivity index (χ4n) is 2.12. The van der Waals surface area contributed by atoms with Gasteiger partial charge >= 0.3 is 0 Å². The Hall–Kier alpha value is -1.61. The minimum atomic E-state index is -3.13. The number of rotatable bonds is 4. The van der Waals surface area contributed by atoms with E-state index in [2.05, 4.69) is 0 Å². The average molecular weight is 274 g/mol. The standard InChI is InChI=1S/C16H18O2S/c1-13-6-5-8-15(10-13)11-19(17,18)12-16-9-4-3-7-14(16)2/h3-10H,11-12H2,1-2H3. The van der Waals surface area contributed by atoms with E-state index in [9.17, 15) is 8.42 Å². The van der Waals surface area contributed by atoms with Crippen molar-refractivity contribution in [2.75, 3.05) is 0 Å². The SMILES string of the molecule is Cc1cccc(CS(=O)(=O)Cc2ccccc2C)c1. The summed E-state index contributed by atoms with van der Waals surface area (Å²) in [5.74, 6) is 0.205. The molecule has 0 aliphatic carbocycles. The number of hydrogen-bond acceptors (Lipinski definition) is 2. The minimum Gasteiger partial charge on any atom is -0.228 e. The number of sulfone groups is 1. The van der Waals surface area contributed by atoms with Gasteiger partial charge in [-0.25, -0.2) is 8.42 Å². The zero-order chi connectivity index (χ0) is 13.9. The van der Waals surface area contributed by atoms with Gasteiger partial charge in [-0.3, -0.25) is 0 Å². The third kappa shape index (κ3) is 3.93. The van der Waals surface area contributed by atoms with Gasteiger partial charge in [0.15, 0.2) is 9.84 Å². The van der Waals surface area contributed by atoms with E-state index < -0.39 is 9.84 Å². The Kier molecular flexibility index (Phi) is 4.05. The van der Waals surface area contributed by atoms with Crippen LogP contribution in [0.25, 0.3) is 0 Å². The minimum absolute atomic E-state index is 0.100. The first kappa shape index (κ1) is 13.8. The lowest BCUT2D eigenvalue weighted by molar-refractivity contribution is 0.594. The van der Waals surface area contributed by atoms with Crippen LogP contribution >= 0.6 is 0 Å². The first-order chi connectivity index (χ1) is 8.96. The molecular formula is C16H18O2S. The zero-order valence-corrected chi connectivity index (χ0v) is 12.1. The van der Waals surface area contributed by atoms with Crippen LogP contribution in [0.3, 0.4) is 0 Å². The quantitative estimate of drug-likeness (QED) is 0.856. The zero-order valence-electron chi connectivity index (χ0n) is 11.3. The van der Waals surface area contributed by atoms with Crippen molar-refractivity contribution in [3.63, 3.8) is 0 Å². The Morgan fingerprint density at radius 2 is 1.63 bits per heavy atom. The molecule has 100 valence electrons. The van der Waals surface area contributed by atoms with Gasteiger partial charge in [-0.05, 0) is 30.5 Å². The van der Waals surface area contributed by atoms with Gasteiger partial charge in [0.1, 0.15) is 0 Å². The predicted molar refractivity (Wildman–Crippen MR) is 78.7 cm³/mol. The molecule has 0 amide bonds. The fraction of sp³-hybridized carbons (Fsp3) is 0.250. The van der Waals surface area contributed by atoms with E-state index in [0.29, 0.717) is 0 Å². The second-order valence-corrected chi connectivity index (χ2v) is 7.01. The molecule has 3 heteroatoms. The molecule has 0 atom stereocenters. The van der Waals surface area contributed by atoms with Crippen LogP contribution in [0.15, 0.2) is 48.5 Å². The summed E-state index contributed by atoms with van der Waals surface area (Å²) in [6, 6.07) is 15.3. The van der Waals surface area contributed by atoms with Gasteiger partial charge in [-0.15, -0.1) is 0 Å². The molecule has 0 fully saturated rings. The van der Waals surface area contributed by atoms with E-state index in [1.807, 2.05) is 62.4 Å². The Morgan fingerprint density at radius 3 is 2.32 bits per heavy atom. The molecule has 0 aliphatic heterocycles. The lowest BCUT2D eigenvalue weighted by Gasteiger charge is -2.08. The number of aryl methyl sites for hydroxylation is 2. The molecule has 2 aromatic rings.